The van der Waals surface area contributed by atoms with E-state index in [2.05, 4.69) is 110 Å². The first kappa shape index (κ1) is 21.2. The van der Waals surface area contributed by atoms with Gasteiger partial charge in [-0.1, -0.05) is 99.8 Å². The van der Waals surface area contributed by atoms with Crippen LogP contribution in [0.15, 0.2) is 91.0 Å². The van der Waals surface area contributed by atoms with Crippen LogP contribution in [0.2, 0.25) is 0 Å². The molecule has 0 spiro atoms. The summed E-state index contributed by atoms with van der Waals surface area (Å²) >= 11 is 0. The molecule has 1 fully saturated rings. The fourth-order valence-electron chi connectivity index (χ4n) is 6.14. The SMILES string of the molecule is CC1(C)c2ccccc2-c2cc(-c3ccccc3)c(Nc3ccc(C4CCCCC4)cc3)cc21. The van der Waals surface area contributed by atoms with Gasteiger partial charge >= 0.3 is 0 Å². The highest BCUT2D eigenvalue weighted by atomic mass is 14.9. The number of rotatable bonds is 4. The highest BCUT2D eigenvalue weighted by Crippen LogP contribution is 2.51. The predicted octanol–water partition coefficient (Wildman–Crippen LogP) is 9.45. The molecule has 0 unspecified atom stereocenters. The Labute approximate surface area is 203 Å². The van der Waals surface area contributed by atoms with Gasteiger partial charge < -0.3 is 5.32 Å². The molecular formula is C33H33N. The van der Waals surface area contributed by atoms with Gasteiger partial charge in [0.2, 0.25) is 0 Å². The second kappa shape index (κ2) is 8.47. The third-order valence-electron chi connectivity index (χ3n) is 8.07. The van der Waals surface area contributed by atoms with Crippen LogP contribution in [-0.2, 0) is 5.41 Å². The Bertz CT molecular complexity index is 1310. The molecule has 34 heavy (non-hydrogen) atoms. The second-order valence-corrected chi connectivity index (χ2v) is 10.6. The molecule has 2 aliphatic carbocycles. The highest BCUT2D eigenvalue weighted by Gasteiger charge is 2.36. The molecule has 0 atom stereocenters. The van der Waals surface area contributed by atoms with Crippen molar-refractivity contribution in [2.24, 2.45) is 0 Å². The predicted molar refractivity (Wildman–Crippen MR) is 145 cm³/mol. The van der Waals surface area contributed by atoms with Crippen molar-refractivity contribution in [1.82, 2.24) is 0 Å². The Hall–Kier alpha value is -3.32. The number of benzene rings is 4. The lowest BCUT2D eigenvalue weighted by molar-refractivity contribution is 0.443. The van der Waals surface area contributed by atoms with E-state index in [0.29, 0.717) is 0 Å². The zero-order chi connectivity index (χ0) is 23.1. The first-order valence-corrected chi connectivity index (χ1v) is 12.8. The fourth-order valence-corrected chi connectivity index (χ4v) is 6.14. The zero-order valence-corrected chi connectivity index (χ0v) is 20.3. The van der Waals surface area contributed by atoms with Gasteiger partial charge in [0.25, 0.3) is 0 Å². The van der Waals surface area contributed by atoms with Crippen molar-refractivity contribution < 1.29 is 0 Å². The molecule has 0 aliphatic heterocycles. The second-order valence-electron chi connectivity index (χ2n) is 10.6. The van der Waals surface area contributed by atoms with Gasteiger partial charge in [-0.15, -0.1) is 0 Å². The Morgan fingerprint density at radius 2 is 1.35 bits per heavy atom. The van der Waals surface area contributed by atoms with Gasteiger partial charge in [-0.3, -0.25) is 0 Å². The lowest BCUT2D eigenvalue weighted by Crippen LogP contribution is -2.15. The molecular weight excluding hydrogens is 410 g/mol. The van der Waals surface area contributed by atoms with Crippen molar-refractivity contribution in [3.05, 3.63) is 108 Å². The van der Waals surface area contributed by atoms with Gasteiger partial charge in [0, 0.05) is 22.4 Å². The van der Waals surface area contributed by atoms with Gasteiger partial charge in [0.1, 0.15) is 0 Å². The Morgan fingerprint density at radius 1 is 0.647 bits per heavy atom. The minimum absolute atomic E-state index is 0.0115. The molecule has 1 saturated carbocycles. The summed E-state index contributed by atoms with van der Waals surface area (Å²) in [7, 11) is 0. The van der Waals surface area contributed by atoms with E-state index in [0.717, 1.165) is 11.6 Å². The highest BCUT2D eigenvalue weighted by molar-refractivity contribution is 5.91. The first-order chi connectivity index (χ1) is 16.6. The van der Waals surface area contributed by atoms with E-state index in [1.807, 2.05) is 0 Å². The average molecular weight is 444 g/mol. The molecule has 0 radical (unpaired) electrons. The van der Waals surface area contributed by atoms with E-state index >= 15 is 0 Å². The molecule has 1 nitrogen and oxygen atoms in total. The number of fused-ring (bicyclic) bond motifs is 3. The van der Waals surface area contributed by atoms with Crippen LogP contribution in [-0.4, -0.2) is 0 Å². The van der Waals surface area contributed by atoms with E-state index in [9.17, 15) is 0 Å². The molecule has 0 bridgehead atoms. The normalized spacial score (nSPS) is 16.6. The van der Waals surface area contributed by atoms with Crippen LogP contribution >= 0.6 is 0 Å². The summed E-state index contributed by atoms with van der Waals surface area (Å²) in [5.74, 6) is 0.738. The van der Waals surface area contributed by atoms with Crippen molar-refractivity contribution in [2.75, 3.05) is 5.32 Å². The maximum absolute atomic E-state index is 3.80. The summed E-state index contributed by atoms with van der Waals surface area (Å²) in [6, 6.07) is 33.7. The van der Waals surface area contributed by atoms with E-state index in [1.165, 1.54) is 76.7 Å². The van der Waals surface area contributed by atoms with Crippen LogP contribution in [0.1, 0.15) is 68.6 Å². The van der Waals surface area contributed by atoms with Gasteiger partial charge in [0.05, 0.1) is 0 Å². The van der Waals surface area contributed by atoms with Crippen molar-refractivity contribution in [3.8, 4) is 22.3 Å². The summed E-state index contributed by atoms with van der Waals surface area (Å²) in [6.07, 6.45) is 6.82. The largest absolute Gasteiger partial charge is 0.355 e. The Balaban J connectivity index is 1.42. The van der Waals surface area contributed by atoms with Crippen LogP contribution in [0.4, 0.5) is 11.4 Å². The topological polar surface area (TPSA) is 12.0 Å². The molecule has 1 N–H and O–H groups in total. The number of hydrogen-bond donors (Lipinski definition) is 1. The Morgan fingerprint density at radius 3 is 2.12 bits per heavy atom. The molecule has 0 aromatic heterocycles. The molecule has 4 aromatic carbocycles. The Kier molecular flexibility index (Phi) is 5.29. The van der Waals surface area contributed by atoms with Crippen molar-refractivity contribution >= 4 is 11.4 Å². The summed E-state index contributed by atoms with van der Waals surface area (Å²) in [4.78, 5) is 0. The van der Waals surface area contributed by atoms with Gasteiger partial charge in [0.15, 0.2) is 0 Å². The standard InChI is InChI=1S/C33H33N/c1-33(2)30-16-10-9-15-27(30)29-21-28(25-13-7-4-8-14-25)32(22-31(29)33)34-26-19-17-24(18-20-26)23-11-5-3-6-12-23/h4,7-10,13-23,34H,3,5-6,11-12H2,1-2H3. The number of nitrogens with one attached hydrogen (secondary N) is 1. The monoisotopic (exact) mass is 443 g/mol. The molecule has 0 heterocycles. The molecule has 4 aromatic rings. The van der Waals surface area contributed by atoms with E-state index in [-0.39, 0.29) is 5.41 Å². The van der Waals surface area contributed by atoms with Gasteiger partial charge in [-0.2, -0.15) is 0 Å². The molecule has 6 rings (SSSR count). The van der Waals surface area contributed by atoms with Crippen LogP contribution < -0.4 is 5.32 Å². The van der Waals surface area contributed by atoms with Gasteiger partial charge in [-0.25, -0.2) is 0 Å². The van der Waals surface area contributed by atoms with E-state index in [4.69, 9.17) is 0 Å². The lowest BCUT2D eigenvalue weighted by Gasteiger charge is -2.24. The summed E-state index contributed by atoms with van der Waals surface area (Å²) in [5.41, 5.74) is 11.9. The van der Waals surface area contributed by atoms with Gasteiger partial charge in [-0.05, 0) is 76.4 Å². The number of anilines is 2. The minimum atomic E-state index is -0.0115. The summed E-state index contributed by atoms with van der Waals surface area (Å²) in [6.45, 7) is 4.70. The fraction of sp³-hybridized carbons (Fsp3) is 0.273. The molecule has 1 heteroatoms. The quantitative estimate of drug-likeness (QED) is 0.331. The van der Waals surface area contributed by atoms with Crippen molar-refractivity contribution in [3.63, 3.8) is 0 Å². The summed E-state index contributed by atoms with van der Waals surface area (Å²) in [5, 5.41) is 3.80. The zero-order valence-electron chi connectivity index (χ0n) is 20.3. The summed E-state index contributed by atoms with van der Waals surface area (Å²) < 4.78 is 0. The van der Waals surface area contributed by atoms with Crippen LogP contribution in [0.5, 0.6) is 0 Å². The van der Waals surface area contributed by atoms with E-state index in [1.54, 1.807) is 0 Å². The minimum Gasteiger partial charge on any atom is -0.355 e. The van der Waals surface area contributed by atoms with Crippen LogP contribution in [0, 0.1) is 0 Å². The first-order valence-electron chi connectivity index (χ1n) is 12.8. The number of hydrogen-bond acceptors (Lipinski definition) is 1. The average Bonchev–Trinajstić information content (AvgIpc) is 3.11. The van der Waals surface area contributed by atoms with Crippen LogP contribution in [0.25, 0.3) is 22.3 Å². The third-order valence-corrected chi connectivity index (χ3v) is 8.07. The third kappa shape index (κ3) is 3.64. The molecule has 2 aliphatic rings. The van der Waals surface area contributed by atoms with Crippen molar-refractivity contribution in [2.45, 2.75) is 57.3 Å². The molecule has 0 saturated heterocycles. The smallest absolute Gasteiger partial charge is 0.0467 e. The lowest BCUT2D eigenvalue weighted by atomic mass is 9.81. The molecule has 170 valence electrons. The van der Waals surface area contributed by atoms with Crippen molar-refractivity contribution in [1.29, 1.82) is 0 Å². The maximum atomic E-state index is 3.80. The maximum Gasteiger partial charge on any atom is 0.0467 e. The molecule has 0 amide bonds. The van der Waals surface area contributed by atoms with Crippen LogP contribution in [0.3, 0.4) is 0 Å². The van der Waals surface area contributed by atoms with E-state index < -0.39 is 0 Å².